The van der Waals surface area contributed by atoms with Gasteiger partial charge in [0.2, 0.25) is 10.0 Å². The number of alkyl halides is 3. The maximum absolute atomic E-state index is 14.1. The van der Waals surface area contributed by atoms with Crippen LogP contribution in [0, 0.1) is 12.7 Å². The molecule has 0 aliphatic heterocycles. The summed E-state index contributed by atoms with van der Waals surface area (Å²) in [6.07, 6.45) is -4.44. The smallest absolute Gasteiger partial charge is 0.225 e. The highest BCUT2D eigenvalue weighted by molar-refractivity contribution is 7.89. The summed E-state index contributed by atoms with van der Waals surface area (Å²) in [5.74, 6) is -0.990. The van der Waals surface area contributed by atoms with E-state index >= 15 is 0 Å². The van der Waals surface area contributed by atoms with Crippen LogP contribution in [0.5, 0.6) is 0 Å². The van der Waals surface area contributed by atoms with Gasteiger partial charge >= 0.3 is 6.18 Å². The molecule has 0 spiro atoms. The van der Waals surface area contributed by atoms with E-state index in [1.165, 1.54) is 36.5 Å². The number of rotatable bonds is 3. The average Bonchev–Trinajstić information content (AvgIpc) is 3.01. The Kier molecular flexibility index (Phi) is 4.87. The Morgan fingerprint density at radius 2 is 1.52 bits per heavy atom. The molecule has 2 N–H and O–H groups in total. The van der Waals surface area contributed by atoms with Gasteiger partial charge in [0.05, 0.1) is 5.56 Å². The third-order valence-electron chi connectivity index (χ3n) is 4.05. The lowest BCUT2D eigenvalue weighted by molar-refractivity contribution is -0.138. The first-order chi connectivity index (χ1) is 12.5. The molecule has 2 aromatic carbocycles. The number of aryl methyl sites for hydroxylation is 1. The first-order valence-electron chi connectivity index (χ1n) is 7.55. The van der Waals surface area contributed by atoms with E-state index < -0.39 is 32.5 Å². The minimum atomic E-state index is -4.44. The van der Waals surface area contributed by atoms with Crippen molar-refractivity contribution in [3.8, 4) is 22.3 Å². The molecule has 0 bridgehead atoms. The average molecular weight is 415 g/mol. The highest BCUT2D eigenvalue weighted by atomic mass is 32.2. The van der Waals surface area contributed by atoms with Crippen LogP contribution in [0.25, 0.3) is 22.3 Å². The zero-order chi connectivity index (χ0) is 20.0. The summed E-state index contributed by atoms with van der Waals surface area (Å²) in [6.45, 7) is 1.37. The predicted octanol–water partition coefficient (Wildman–Crippen LogP) is 5.20. The SMILES string of the molecule is Cc1cc(-c2cscc2-c2ccc(S(N)(=O)=O)c(F)c2)ccc1C(F)(F)F. The minimum absolute atomic E-state index is 0.0768. The van der Waals surface area contributed by atoms with E-state index in [9.17, 15) is 26.0 Å². The lowest BCUT2D eigenvalue weighted by atomic mass is 9.96. The number of hydrogen-bond acceptors (Lipinski definition) is 3. The first-order valence-corrected chi connectivity index (χ1v) is 10.0. The summed E-state index contributed by atoms with van der Waals surface area (Å²) in [6, 6.07) is 7.31. The van der Waals surface area contributed by atoms with Gasteiger partial charge in [0, 0.05) is 11.1 Å². The van der Waals surface area contributed by atoms with Gasteiger partial charge < -0.3 is 0 Å². The van der Waals surface area contributed by atoms with Crippen LogP contribution >= 0.6 is 11.3 Å². The van der Waals surface area contributed by atoms with Crippen molar-refractivity contribution in [2.45, 2.75) is 18.0 Å². The van der Waals surface area contributed by atoms with Crippen LogP contribution in [-0.4, -0.2) is 8.42 Å². The van der Waals surface area contributed by atoms with E-state index in [1.807, 2.05) is 0 Å². The lowest BCUT2D eigenvalue weighted by Gasteiger charge is -2.12. The quantitative estimate of drug-likeness (QED) is 0.598. The van der Waals surface area contributed by atoms with E-state index in [0.29, 0.717) is 22.3 Å². The van der Waals surface area contributed by atoms with Gasteiger partial charge in [0.25, 0.3) is 0 Å². The number of thiophene rings is 1. The Labute approximate surface area is 157 Å². The van der Waals surface area contributed by atoms with Crippen LogP contribution < -0.4 is 5.14 Å². The van der Waals surface area contributed by atoms with Crippen LogP contribution in [-0.2, 0) is 16.2 Å². The second kappa shape index (κ2) is 6.74. The van der Waals surface area contributed by atoms with Crippen LogP contribution in [0.1, 0.15) is 11.1 Å². The van der Waals surface area contributed by atoms with Crippen molar-refractivity contribution in [1.82, 2.24) is 0 Å². The van der Waals surface area contributed by atoms with Crippen molar-refractivity contribution in [1.29, 1.82) is 0 Å². The fraction of sp³-hybridized carbons (Fsp3) is 0.111. The number of primary sulfonamides is 1. The van der Waals surface area contributed by atoms with Crippen molar-refractivity contribution in [3.63, 3.8) is 0 Å². The molecule has 0 aliphatic carbocycles. The molecule has 3 aromatic rings. The van der Waals surface area contributed by atoms with Gasteiger partial charge in [-0.2, -0.15) is 24.5 Å². The molecule has 0 amide bonds. The maximum atomic E-state index is 14.1. The van der Waals surface area contributed by atoms with Gasteiger partial charge in [-0.15, -0.1) is 0 Å². The molecule has 0 unspecified atom stereocenters. The molecular formula is C18H13F4NO2S2. The molecule has 0 radical (unpaired) electrons. The number of sulfonamides is 1. The largest absolute Gasteiger partial charge is 0.416 e. The molecule has 3 nitrogen and oxygen atoms in total. The first kappa shape index (κ1) is 19.5. The van der Waals surface area contributed by atoms with Crippen LogP contribution in [0.4, 0.5) is 17.6 Å². The summed E-state index contributed by atoms with van der Waals surface area (Å²) in [4.78, 5) is -0.617. The van der Waals surface area contributed by atoms with Gasteiger partial charge in [-0.05, 0) is 52.6 Å². The molecule has 0 saturated heterocycles. The predicted molar refractivity (Wildman–Crippen MR) is 96.3 cm³/mol. The summed E-state index contributed by atoms with van der Waals surface area (Å²) < 4.78 is 75.7. The van der Waals surface area contributed by atoms with E-state index in [-0.39, 0.29) is 5.56 Å². The fourth-order valence-electron chi connectivity index (χ4n) is 2.79. The Morgan fingerprint density at radius 3 is 2.00 bits per heavy atom. The fourth-order valence-corrected chi connectivity index (χ4v) is 4.25. The molecule has 9 heteroatoms. The Morgan fingerprint density at radius 1 is 0.963 bits per heavy atom. The van der Waals surface area contributed by atoms with E-state index in [2.05, 4.69) is 0 Å². The Bertz CT molecular complexity index is 1120. The van der Waals surface area contributed by atoms with E-state index in [0.717, 1.165) is 18.2 Å². The summed E-state index contributed by atoms with van der Waals surface area (Å²) in [5.41, 5.74) is 1.51. The topological polar surface area (TPSA) is 60.2 Å². The summed E-state index contributed by atoms with van der Waals surface area (Å²) in [7, 11) is -4.18. The number of nitrogens with two attached hydrogens (primary N) is 1. The third kappa shape index (κ3) is 3.90. The Hall–Kier alpha value is -2.23. The second-order valence-corrected chi connectivity index (χ2v) is 8.19. The summed E-state index contributed by atoms with van der Waals surface area (Å²) >= 11 is 1.30. The van der Waals surface area contributed by atoms with Crippen molar-refractivity contribution in [3.05, 3.63) is 64.1 Å². The van der Waals surface area contributed by atoms with E-state index in [1.54, 1.807) is 10.8 Å². The zero-order valence-electron chi connectivity index (χ0n) is 13.8. The molecule has 142 valence electrons. The van der Waals surface area contributed by atoms with Crippen LogP contribution in [0.15, 0.2) is 52.1 Å². The molecule has 0 fully saturated rings. The van der Waals surface area contributed by atoms with Crippen LogP contribution in [0.3, 0.4) is 0 Å². The van der Waals surface area contributed by atoms with Gasteiger partial charge in [-0.1, -0.05) is 18.2 Å². The second-order valence-electron chi connectivity index (χ2n) is 5.92. The number of hydrogen-bond donors (Lipinski definition) is 1. The van der Waals surface area contributed by atoms with Crippen molar-refractivity contribution in [2.24, 2.45) is 5.14 Å². The van der Waals surface area contributed by atoms with Crippen molar-refractivity contribution in [2.75, 3.05) is 0 Å². The van der Waals surface area contributed by atoms with Gasteiger partial charge in [-0.25, -0.2) is 17.9 Å². The molecule has 1 heterocycles. The highest BCUT2D eigenvalue weighted by Gasteiger charge is 2.32. The van der Waals surface area contributed by atoms with Gasteiger partial charge in [0.15, 0.2) is 0 Å². The number of benzene rings is 2. The Balaban J connectivity index is 2.08. The normalized spacial score (nSPS) is 12.4. The molecule has 1 aromatic heterocycles. The summed E-state index contributed by atoms with van der Waals surface area (Å²) in [5, 5.41) is 8.41. The number of halogens is 4. The third-order valence-corrected chi connectivity index (χ3v) is 5.74. The highest BCUT2D eigenvalue weighted by Crippen LogP contribution is 2.39. The maximum Gasteiger partial charge on any atom is 0.416 e. The molecule has 27 heavy (non-hydrogen) atoms. The monoisotopic (exact) mass is 415 g/mol. The van der Waals surface area contributed by atoms with Crippen molar-refractivity contribution < 1.29 is 26.0 Å². The minimum Gasteiger partial charge on any atom is -0.225 e. The molecule has 0 aliphatic rings. The van der Waals surface area contributed by atoms with Crippen molar-refractivity contribution >= 4 is 21.4 Å². The molecular weight excluding hydrogens is 402 g/mol. The van der Waals surface area contributed by atoms with Gasteiger partial charge in [-0.3, -0.25) is 0 Å². The molecule has 0 atom stereocenters. The molecule has 0 saturated carbocycles. The van der Waals surface area contributed by atoms with Crippen LogP contribution in [0.2, 0.25) is 0 Å². The molecule has 3 rings (SSSR count). The standard InChI is InChI=1S/C18H13F4NO2S2/c1-10-6-11(2-4-15(10)18(20,21)22)13-8-26-9-14(13)12-3-5-17(16(19)7-12)27(23,24)25/h2-9H,1H3,(H2,23,24,25). The van der Waals surface area contributed by atoms with Gasteiger partial charge in [0.1, 0.15) is 10.7 Å². The lowest BCUT2D eigenvalue weighted by Crippen LogP contribution is -2.13. The van der Waals surface area contributed by atoms with E-state index in [4.69, 9.17) is 5.14 Å². The zero-order valence-corrected chi connectivity index (χ0v) is 15.5.